The standard InChI is InChI=1S/C14H21F3N2/c1-10(2)18-8-11(3)19-9-12-6-4-5-7-13(12)14(15,16)17/h4-7,10-11,18-19H,8-9H2,1-3H3. The summed E-state index contributed by atoms with van der Waals surface area (Å²) in [5, 5.41) is 6.35. The van der Waals surface area contributed by atoms with Gasteiger partial charge in [-0.25, -0.2) is 0 Å². The minimum Gasteiger partial charge on any atom is -0.313 e. The lowest BCUT2D eigenvalue weighted by atomic mass is 10.1. The van der Waals surface area contributed by atoms with Crippen LogP contribution >= 0.6 is 0 Å². The van der Waals surface area contributed by atoms with E-state index in [1.807, 2.05) is 20.8 Å². The average Bonchev–Trinajstić information content (AvgIpc) is 2.33. The molecule has 1 rings (SSSR count). The first-order chi connectivity index (χ1) is 8.80. The van der Waals surface area contributed by atoms with Gasteiger partial charge in [0.15, 0.2) is 0 Å². The maximum absolute atomic E-state index is 12.8. The van der Waals surface area contributed by atoms with Crippen LogP contribution in [0.25, 0.3) is 0 Å². The van der Waals surface area contributed by atoms with E-state index in [2.05, 4.69) is 10.6 Å². The number of benzene rings is 1. The summed E-state index contributed by atoms with van der Waals surface area (Å²) in [6.45, 7) is 6.96. The summed E-state index contributed by atoms with van der Waals surface area (Å²) in [6, 6.07) is 6.15. The van der Waals surface area contributed by atoms with Crippen molar-refractivity contribution >= 4 is 0 Å². The van der Waals surface area contributed by atoms with E-state index in [1.165, 1.54) is 12.1 Å². The summed E-state index contributed by atoms with van der Waals surface area (Å²) in [7, 11) is 0. The van der Waals surface area contributed by atoms with Crippen LogP contribution in [0.1, 0.15) is 31.9 Å². The monoisotopic (exact) mass is 274 g/mol. The molecule has 0 saturated carbocycles. The largest absolute Gasteiger partial charge is 0.416 e. The van der Waals surface area contributed by atoms with Gasteiger partial charge in [0.25, 0.3) is 0 Å². The maximum Gasteiger partial charge on any atom is 0.416 e. The van der Waals surface area contributed by atoms with E-state index in [-0.39, 0.29) is 18.2 Å². The quantitative estimate of drug-likeness (QED) is 0.832. The Kier molecular flexibility index (Phi) is 5.82. The second kappa shape index (κ2) is 6.91. The lowest BCUT2D eigenvalue weighted by molar-refractivity contribution is -0.138. The minimum absolute atomic E-state index is 0.115. The molecule has 0 aromatic heterocycles. The maximum atomic E-state index is 12.8. The number of halogens is 3. The number of hydrogen-bond acceptors (Lipinski definition) is 2. The molecule has 0 saturated heterocycles. The summed E-state index contributed by atoms with van der Waals surface area (Å²) in [5.74, 6) is 0. The van der Waals surface area contributed by atoms with Gasteiger partial charge < -0.3 is 10.6 Å². The lowest BCUT2D eigenvalue weighted by Crippen LogP contribution is -2.38. The van der Waals surface area contributed by atoms with E-state index < -0.39 is 11.7 Å². The molecule has 0 amide bonds. The lowest BCUT2D eigenvalue weighted by Gasteiger charge is -2.18. The van der Waals surface area contributed by atoms with Crippen molar-refractivity contribution in [2.75, 3.05) is 6.54 Å². The van der Waals surface area contributed by atoms with E-state index >= 15 is 0 Å². The number of alkyl halides is 3. The zero-order chi connectivity index (χ0) is 14.5. The van der Waals surface area contributed by atoms with Gasteiger partial charge in [0, 0.05) is 25.2 Å². The molecule has 0 aliphatic carbocycles. The summed E-state index contributed by atoms with van der Waals surface area (Å²) in [6.07, 6.45) is -4.29. The fourth-order valence-electron chi connectivity index (χ4n) is 1.72. The Balaban J connectivity index is 2.58. The highest BCUT2D eigenvalue weighted by atomic mass is 19.4. The fourth-order valence-corrected chi connectivity index (χ4v) is 1.72. The van der Waals surface area contributed by atoms with Crippen molar-refractivity contribution in [1.82, 2.24) is 10.6 Å². The minimum atomic E-state index is -4.29. The first kappa shape index (κ1) is 16.0. The van der Waals surface area contributed by atoms with E-state index in [1.54, 1.807) is 6.07 Å². The smallest absolute Gasteiger partial charge is 0.313 e. The van der Waals surface area contributed by atoms with Gasteiger partial charge in [0.2, 0.25) is 0 Å². The van der Waals surface area contributed by atoms with Gasteiger partial charge in [-0.05, 0) is 18.6 Å². The first-order valence-corrected chi connectivity index (χ1v) is 6.42. The number of rotatable bonds is 6. The highest BCUT2D eigenvalue weighted by Crippen LogP contribution is 2.31. The van der Waals surface area contributed by atoms with Crippen molar-refractivity contribution in [3.05, 3.63) is 35.4 Å². The van der Waals surface area contributed by atoms with Crippen molar-refractivity contribution in [1.29, 1.82) is 0 Å². The molecule has 1 aromatic carbocycles. The van der Waals surface area contributed by atoms with Gasteiger partial charge in [-0.1, -0.05) is 32.0 Å². The topological polar surface area (TPSA) is 24.1 Å². The molecule has 0 aliphatic rings. The van der Waals surface area contributed by atoms with Crippen molar-refractivity contribution in [2.45, 2.75) is 45.6 Å². The van der Waals surface area contributed by atoms with Crippen molar-refractivity contribution in [2.24, 2.45) is 0 Å². The number of hydrogen-bond donors (Lipinski definition) is 2. The van der Waals surface area contributed by atoms with Crippen LogP contribution in [-0.2, 0) is 12.7 Å². The van der Waals surface area contributed by atoms with Crippen LogP contribution in [0.3, 0.4) is 0 Å². The van der Waals surface area contributed by atoms with Crippen LogP contribution in [0.4, 0.5) is 13.2 Å². The van der Waals surface area contributed by atoms with Gasteiger partial charge in [-0.3, -0.25) is 0 Å². The van der Waals surface area contributed by atoms with E-state index in [0.29, 0.717) is 6.04 Å². The first-order valence-electron chi connectivity index (χ1n) is 6.42. The predicted octanol–water partition coefficient (Wildman–Crippen LogP) is 3.18. The molecule has 0 aliphatic heterocycles. The third-order valence-electron chi connectivity index (χ3n) is 2.80. The third kappa shape index (κ3) is 5.61. The summed E-state index contributed by atoms with van der Waals surface area (Å²) >= 11 is 0. The van der Waals surface area contributed by atoms with Crippen molar-refractivity contribution < 1.29 is 13.2 Å². The zero-order valence-corrected chi connectivity index (χ0v) is 11.5. The number of nitrogens with one attached hydrogen (secondary N) is 2. The van der Waals surface area contributed by atoms with Crippen molar-refractivity contribution in [3.63, 3.8) is 0 Å². The van der Waals surface area contributed by atoms with E-state index in [0.717, 1.165) is 12.6 Å². The van der Waals surface area contributed by atoms with E-state index in [4.69, 9.17) is 0 Å². The Bertz CT molecular complexity index is 389. The molecule has 0 heterocycles. The molecule has 0 radical (unpaired) electrons. The molecule has 19 heavy (non-hydrogen) atoms. The van der Waals surface area contributed by atoms with Crippen LogP contribution in [0, 0.1) is 0 Å². The van der Waals surface area contributed by atoms with Gasteiger partial charge in [-0.2, -0.15) is 13.2 Å². The Labute approximate surface area is 112 Å². The van der Waals surface area contributed by atoms with Crippen LogP contribution in [0.15, 0.2) is 24.3 Å². The van der Waals surface area contributed by atoms with Crippen LogP contribution in [0.2, 0.25) is 0 Å². The predicted molar refractivity (Wildman–Crippen MR) is 70.9 cm³/mol. The molecule has 0 bridgehead atoms. The van der Waals surface area contributed by atoms with Gasteiger partial charge in [-0.15, -0.1) is 0 Å². The Morgan fingerprint density at radius 3 is 2.26 bits per heavy atom. The molecule has 1 atom stereocenters. The highest BCUT2D eigenvalue weighted by molar-refractivity contribution is 5.29. The third-order valence-corrected chi connectivity index (χ3v) is 2.80. The molecule has 1 unspecified atom stereocenters. The SMILES string of the molecule is CC(C)NCC(C)NCc1ccccc1C(F)(F)F. The molecule has 2 nitrogen and oxygen atoms in total. The Morgan fingerprint density at radius 1 is 1.05 bits per heavy atom. The van der Waals surface area contributed by atoms with Crippen LogP contribution in [-0.4, -0.2) is 18.6 Å². The molecule has 1 aromatic rings. The zero-order valence-electron chi connectivity index (χ0n) is 11.5. The van der Waals surface area contributed by atoms with Crippen LogP contribution < -0.4 is 10.6 Å². The summed E-state index contributed by atoms with van der Waals surface area (Å²) in [4.78, 5) is 0. The fraction of sp³-hybridized carbons (Fsp3) is 0.571. The second-order valence-electron chi connectivity index (χ2n) is 5.00. The van der Waals surface area contributed by atoms with Gasteiger partial charge in [0.1, 0.15) is 0 Å². The average molecular weight is 274 g/mol. The molecule has 0 spiro atoms. The van der Waals surface area contributed by atoms with Gasteiger partial charge in [0.05, 0.1) is 5.56 Å². The van der Waals surface area contributed by atoms with Gasteiger partial charge >= 0.3 is 6.18 Å². The molecule has 0 fully saturated rings. The molecule has 5 heteroatoms. The van der Waals surface area contributed by atoms with Crippen molar-refractivity contribution in [3.8, 4) is 0 Å². The molecular weight excluding hydrogens is 253 g/mol. The second-order valence-corrected chi connectivity index (χ2v) is 5.00. The Hall–Kier alpha value is -1.07. The van der Waals surface area contributed by atoms with Crippen LogP contribution in [0.5, 0.6) is 0 Å². The molecule has 108 valence electrons. The molecular formula is C14H21F3N2. The Morgan fingerprint density at radius 2 is 1.68 bits per heavy atom. The highest BCUT2D eigenvalue weighted by Gasteiger charge is 2.32. The normalized spacial score (nSPS) is 13.8. The summed E-state index contributed by atoms with van der Waals surface area (Å²) < 4.78 is 38.4. The molecule has 2 N–H and O–H groups in total. The van der Waals surface area contributed by atoms with E-state index in [9.17, 15) is 13.2 Å². The summed E-state index contributed by atoms with van der Waals surface area (Å²) in [5.41, 5.74) is -0.280.